The van der Waals surface area contributed by atoms with Crippen molar-refractivity contribution in [3.8, 4) is 22.4 Å². The van der Waals surface area contributed by atoms with E-state index in [4.69, 9.17) is 4.98 Å². The average molecular weight is 429 g/mol. The zero-order valence-corrected chi connectivity index (χ0v) is 18.3. The maximum Gasteiger partial charge on any atom is 0.255 e. The Morgan fingerprint density at radius 3 is 2.19 bits per heavy atom. The average Bonchev–Trinajstić information content (AvgIpc) is 3.37. The minimum absolute atomic E-state index is 0.123. The maximum absolute atomic E-state index is 12.9. The van der Waals surface area contributed by atoms with Crippen molar-refractivity contribution in [1.82, 2.24) is 20.6 Å². The fraction of sp³-hybridized carbons (Fsp3) is 0.308. The van der Waals surface area contributed by atoms with Crippen LogP contribution in [-0.2, 0) is 4.79 Å². The molecule has 0 unspecified atom stereocenters. The molecule has 2 amide bonds. The molecule has 1 aromatic heterocycles. The molecule has 0 bridgehead atoms. The molecule has 0 spiro atoms. The van der Waals surface area contributed by atoms with Gasteiger partial charge < -0.3 is 10.6 Å². The van der Waals surface area contributed by atoms with Crippen LogP contribution < -0.4 is 10.6 Å². The molecule has 1 saturated carbocycles. The summed E-state index contributed by atoms with van der Waals surface area (Å²) >= 11 is 0. The number of nitrogens with one attached hydrogen (secondary N) is 2. The number of carbonyl (C=O) groups excluding carboxylic acids is 2. The second-order valence-corrected chi connectivity index (χ2v) is 8.15. The zero-order valence-electron chi connectivity index (χ0n) is 18.3. The fourth-order valence-electron chi connectivity index (χ4n) is 4.12. The summed E-state index contributed by atoms with van der Waals surface area (Å²) in [5.74, 6) is 0.812. The highest BCUT2D eigenvalue weighted by molar-refractivity contribution is 5.99. The summed E-state index contributed by atoms with van der Waals surface area (Å²) in [4.78, 5) is 33.4. The predicted molar refractivity (Wildman–Crippen MR) is 125 cm³/mol. The minimum atomic E-state index is -0.240. The van der Waals surface area contributed by atoms with Crippen LogP contribution in [0.2, 0.25) is 0 Å². The van der Waals surface area contributed by atoms with E-state index >= 15 is 0 Å². The number of hydrogen-bond acceptors (Lipinski definition) is 4. The molecule has 1 aliphatic rings. The summed E-state index contributed by atoms with van der Waals surface area (Å²) in [5.41, 5.74) is 4.24. The lowest BCUT2D eigenvalue weighted by Gasteiger charge is -2.14. The highest BCUT2D eigenvalue weighted by Crippen LogP contribution is 2.34. The van der Waals surface area contributed by atoms with Gasteiger partial charge >= 0.3 is 0 Å². The van der Waals surface area contributed by atoms with Gasteiger partial charge in [-0.3, -0.25) is 9.59 Å². The molecule has 0 aliphatic heterocycles. The van der Waals surface area contributed by atoms with Gasteiger partial charge in [-0.25, -0.2) is 9.97 Å². The Morgan fingerprint density at radius 2 is 1.50 bits per heavy atom. The Hall–Kier alpha value is -3.54. The zero-order chi connectivity index (χ0) is 22.3. The number of aromatic nitrogens is 2. The molecule has 2 N–H and O–H groups in total. The van der Waals surface area contributed by atoms with E-state index in [1.54, 1.807) is 6.20 Å². The van der Waals surface area contributed by atoms with Crippen LogP contribution >= 0.6 is 0 Å². The number of carbonyl (C=O) groups is 2. The van der Waals surface area contributed by atoms with E-state index in [1.165, 1.54) is 19.8 Å². The first-order chi connectivity index (χ1) is 15.6. The van der Waals surface area contributed by atoms with Crippen molar-refractivity contribution in [2.24, 2.45) is 0 Å². The van der Waals surface area contributed by atoms with Crippen molar-refractivity contribution in [2.75, 3.05) is 13.1 Å². The molecule has 2 aromatic carbocycles. The molecule has 1 aliphatic carbocycles. The third-order valence-corrected chi connectivity index (χ3v) is 5.82. The van der Waals surface area contributed by atoms with Gasteiger partial charge in [0, 0.05) is 37.7 Å². The first-order valence-electron chi connectivity index (χ1n) is 11.2. The van der Waals surface area contributed by atoms with E-state index in [1.807, 2.05) is 30.3 Å². The lowest BCUT2D eigenvalue weighted by atomic mass is 10.00. The van der Waals surface area contributed by atoms with Gasteiger partial charge in [0.25, 0.3) is 5.91 Å². The van der Waals surface area contributed by atoms with Crippen LogP contribution in [0, 0.1) is 0 Å². The summed E-state index contributed by atoms with van der Waals surface area (Å²) in [7, 11) is 0. The predicted octanol–water partition coefficient (Wildman–Crippen LogP) is 4.33. The van der Waals surface area contributed by atoms with Crippen LogP contribution in [0.4, 0.5) is 0 Å². The van der Waals surface area contributed by atoms with Crippen molar-refractivity contribution < 1.29 is 9.59 Å². The first kappa shape index (κ1) is 21.7. The Labute approximate surface area is 188 Å². The largest absolute Gasteiger partial charge is 0.355 e. The minimum Gasteiger partial charge on any atom is -0.355 e. The fourth-order valence-corrected chi connectivity index (χ4v) is 4.12. The highest BCUT2D eigenvalue weighted by Gasteiger charge is 2.23. The van der Waals surface area contributed by atoms with Crippen LogP contribution in [0.15, 0.2) is 60.8 Å². The van der Waals surface area contributed by atoms with Crippen molar-refractivity contribution in [1.29, 1.82) is 0 Å². The van der Waals surface area contributed by atoms with Gasteiger partial charge in [0.15, 0.2) is 0 Å². The lowest BCUT2D eigenvalue weighted by molar-refractivity contribution is -0.118. The Balaban J connectivity index is 1.62. The van der Waals surface area contributed by atoms with Gasteiger partial charge in [0.2, 0.25) is 5.91 Å². The summed E-state index contributed by atoms with van der Waals surface area (Å²) in [6, 6.07) is 18.3. The molecule has 1 heterocycles. The highest BCUT2D eigenvalue weighted by atomic mass is 16.2. The second kappa shape index (κ2) is 10.2. The van der Waals surface area contributed by atoms with E-state index in [0.717, 1.165) is 35.4 Å². The molecule has 6 heteroatoms. The topological polar surface area (TPSA) is 84.0 Å². The number of nitrogens with zero attached hydrogens (tertiary/aromatic N) is 2. The molecular weight excluding hydrogens is 400 g/mol. The molecule has 32 heavy (non-hydrogen) atoms. The van der Waals surface area contributed by atoms with Crippen LogP contribution in [-0.4, -0.2) is 34.9 Å². The maximum atomic E-state index is 12.9. The molecule has 4 rings (SSSR count). The van der Waals surface area contributed by atoms with Crippen LogP contribution in [0.25, 0.3) is 22.4 Å². The van der Waals surface area contributed by atoms with E-state index in [0.29, 0.717) is 30.3 Å². The number of amides is 2. The number of hydrogen-bond donors (Lipinski definition) is 2. The quantitative estimate of drug-likeness (QED) is 0.549. The van der Waals surface area contributed by atoms with Crippen molar-refractivity contribution in [3.05, 3.63) is 72.2 Å². The van der Waals surface area contributed by atoms with Crippen molar-refractivity contribution >= 4 is 11.8 Å². The Kier molecular flexibility index (Phi) is 6.90. The Bertz CT molecular complexity index is 1070. The standard InChI is InChI=1S/C26H28N4O2/c1-18(31)27-15-16-28-26(32)23-17-29-25(22-9-5-6-10-22)30-24(23)21-13-11-20(12-14-21)19-7-3-2-4-8-19/h2-4,7-8,11-14,17,22H,5-6,9-10,15-16H2,1H3,(H,27,31)(H,28,32). The SMILES string of the molecule is CC(=O)NCCNC(=O)c1cnc(C2CCCC2)nc1-c1ccc(-c2ccccc2)cc1. The molecule has 0 radical (unpaired) electrons. The van der Waals surface area contributed by atoms with Crippen LogP contribution in [0.1, 0.15) is 54.7 Å². The summed E-state index contributed by atoms with van der Waals surface area (Å²) in [6.07, 6.45) is 6.22. The monoisotopic (exact) mass is 428 g/mol. The van der Waals surface area contributed by atoms with E-state index in [2.05, 4.69) is 39.9 Å². The summed E-state index contributed by atoms with van der Waals surface area (Å²) in [5, 5.41) is 5.54. The van der Waals surface area contributed by atoms with Gasteiger partial charge in [-0.05, 0) is 24.0 Å². The third kappa shape index (κ3) is 5.19. The molecule has 0 atom stereocenters. The van der Waals surface area contributed by atoms with Crippen LogP contribution in [0.5, 0.6) is 0 Å². The Morgan fingerprint density at radius 1 is 0.875 bits per heavy atom. The molecular formula is C26H28N4O2. The van der Waals surface area contributed by atoms with Gasteiger partial charge in [-0.15, -0.1) is 0 Å². The van der Waals surface area contributed by atoms with Gasteiger partial charge in [-0.1, -0.05) is 67.4 Å². The van der Waals surface area contributed by atoms with Gasteiger partial charge in [-0.2, -0.15) is 0 Å². The number of benzene rings is 2. The second-order valence-electron chi connectivity index (χ2n) is 8.15. The van der Waals surface area contributed by atoms with E-state index in [9.17, 15) is 9.59 Å². The van der Waals surface area contributed by atoms with Crippen LogP contribution in [0.3, 0.4) is 0 Å². The molecule has 6 nitrogen and oxygen atoms in total. The van der Waals surface area contributed by atoms with E-state index < -0.39 is 0 Å². The lowest BCUT2D eigenvalue weighted by Crippen LogP contribution is -2.34. The summed E-state index contributed by atoms with van der Waals surface area (Å²) < 4.78 is 0. The first-order valence-corrected chi connectivity index (χ1v) is 11.2. The van der Waals surface area contributed by atoms with E-state index in [-0.39, 0.29) is 11.8 Å². The van der Waals surface area contributed by atoms with Gasteiger partial charge in [0.05, 0.1) is 11.3 Å². The molecule has 164 valence electrons. The van der Waals surface area contributed by atoms with Crippen molar-refractivity contribution in [2.45, 2.75) is 38.5 Å². The van der Waals surface area contributed by atoms with Gasteiger partial charge in [0.1, 0.15) is 5.82 Å². The molecule has 1 fully saturated rings. The molecule has 0 saturated heterocycles. The normalized spacial score (nSPS) is 13.7. The number of rotatable bonds is 7. The summed E-state index contributed by atoms with van der Waals surface area (Å²) in [6.45, 7) is 2.17. The molecule has 3 aromatic rings. The van der Waals surface area contributed by atoms with Crippen molar-refractivity contribution in [3.63, 3.8) is 0 Å². The smallest absolute Gasteiger partial charge is 0.255 e. The third-order valence-electron chi connectivity index (χ3n) is 5.82.